The Morgan fingerprint density at radius 3 is 2.43 bits per heavy atom. The van der Waals surface area contributed by atoms with E-state index in [-0.39, 0.29) is 28.5 Å². The second-order valence-electron chi connectivity index (χ2n) is 7.51. The lowest BCUT2D eigenvalue weighted by Gasteiger charge is -2.21. The largest absolute Gasteiger partial charge is 0.480 e. The van der Waals surface area contributed by atoms with Gasteiger partial charge < -0.3 is 15.4 Å². The molecule has 178 valence electrons. The van der Waals surface area contributed by atoms with Crippen LogP contribution in [0, 0.1) is 0 Å². The summed E-state index contributed by atoms with van der Waals surface area (Å²) in [6.07, 6.45) is 2.45. The van der Waals surface area contributed by atoms with Crippen LogP contribution >= 0.6 is 0 Å². The van der Waals surface area contributed by atoms with E-state index in [0.717, 1.165) is 6.08 Å². The first-order valence-corrected chi connectivity index (χ1v) is 11.6. The van der Waals surface area contributed by atoms with E-state index in [1.807, 2.05) is 0 Å². The fraction of sp³-hybridized carbons (Fsp3) is 0.0909. The van der Waals surface area contributed by atoms with E-state index in [1.54, 1.807) is 18.2 Å². The highest BCUT2D eigenvalue weighted by Gasteiger charge is 2.28. The molecule has 1 aromatic heterocycles. The Kier molecular flexibility index (Phi) is 6.36. The number of sulfonamides is 1. The van der Waals surface area contributed by atoms with Gasteiger partial charge in [0.15, 0.2) is 0 Å². The average Bonchev–Trinajstić information content (AvgIpc) is 3.27. The Morgan fingerprint density at radius 1 is 1.09 bits per heavy atom. The molecule has 1 unspecified atom stereocenters. The summed E-state index contributed by atoms with van der Waals surface area (Å²) in [5.74, 6) is -2.47. The third-order valence-electron chi connectivity index (χ3n) is 5.05. The Balaban J connectivity index is 1.48. The molecule has 3 aromatic rings. The maximum absolute atomic E-state index is 12.1. The van der Waals surface area contributed by atoms with E-state index >= 15 is 0 Å². The number of aromatic amines is 1. The van der Waals surface area contributed by atoms with Crippen LogP contribution in [0.5, 0.6) is 0 Å². The van der Waals surface area contributed by atoms with Crippen LogP contribution in [0.1, 0.15) is 21.6 Å². The van der Waals surface area contributed by atoms with Crippen molar-refractivity contribution in [3.05, 3.63) is 77.6 Å². The number of fused-ring (bicyclic) bond motifs is 1. The third-order valence-corrected chi connectivity index (χ3v) is 5.98. The number of ketones is 2. The quantitative estimate of drug-likeness (QED) is 0.269. The topological polar surface area (TPSA) is 197 Å². The lowest BCUT2D eigenvalue weighted by Crippen LogP contribution is -2.39. The maximum Gasteiger partial charge on any atom is 0.326 e. The van der Waals surface area contributed by atoms with Gasteiger partial charge in [0.05, 0.1) is 16.8 Å². The number of carbonyl (C=O) groups is 3. The number of hydrogen-bond acceptors (Lipinski definition) is 9. The van der Waals surface area contributed by atoms with Gasteiger partial charge >= 0.3 is 5.97 Å². The molecule has 12 nitrogen and oxygen atoms in total. The van der Waals surface area contributed by atoms with Crippen molar-refractivity contribution in [2.75, 3.05) is 0 Å². The molecule has 0 fully saturated rings. The van der Waals surface area contributed by atoms with Gasteiger partial charge in [-0.1, -0.05) is 24.3 Å². The maximum atomic E-state index is 12.1. The molecule has 35 heavy (non-hydrogen) atoms. The zero-order chi connectivity index (χ0) is 25.2. The number of aliphatic carboxylic acids is 1. The van der Waals surface area contributed by atoms with Crippen LogP contribution < -0.4 is 10.5 Å². The number of rotatable bonds is 8. The van der Waals surface area contributed by atoms with Gasteiger partial charge in [0.2, 0.25) is 27.5 Å². The summed E-state index contributed by atoms with van der Waals surface area (Å²) >= 11 is 0. The Labute approximate surface area is 198 Å². The molecule has 4 rings (SSSR count). The average molecular weight is 494 g/mol. The van der Waals surface area contributed by atoms with Crippen LogP contribution in [0.4, 0.5) is 11.6 Å². The molecule has 0 saturated carbocycles. The van der Waals surface area contributed by atoms with Gasteiger partial charge in [-0.3, -0.25) is 9.59 Å². The minimum Gasteiger partial charge on any atom is -0.480 e. The fourth-order valence-corrected chi connectivity index (χ4v) is 3.88. The van der Waals surface area contributed by atoms with Crippen molar-refractivity contribution in [1.82, 2.24) is 15.3 Å². The number of nitrogens with two attached hydrogens (primary N) is 1. The number of carboxylic acids is 1. The van der Waals surface area contributed by atoms with Crippen LogP contribution in [-0.2, 0) is 26.0 Å². The van der Waals surface area contributed by atoms with Gasteiger partial charge in [-0.15, -0.1) is 10.2 Å². The van der Waals surface area contributed by atoms with Crippen molar-refractivity contribution < 1.29 is 27.9 Å². The first-order valence-electron chi connectivity index (χ1n) is 10.1. The molecule has 2 aromatic carbocycles. The van der Waals surface area contributed by atoms with Gasteiger partial charge in [0, 0.05) is 35.0 Å². The smallest absolute Gasteiger partial charge is 0.326 e. The molecule has 0 saturated heterocycles. The molecule has 1 aliphatic carbocycles. The van der Waals surface area contributed by atoms with Gasteiger partial charge in [-0.05, 0) is 24.3 Å². The number of H-pyrrole nitrogens is 1. The minimum absolute atomic E-state index is 0.0391. The molecule has 0 spiro atoms. The highest BCUT2D eigenvalue weighted by molar-refractivity contribution is 7.89. The number of aromatic nitrogens is 2. The van der Waals surface area contributed by atoms with Crippen LogP contribution in [0.2, 0.25) is 0 Å². The number of carboxylic acid groups (broad SMARTS) is 1. The molecule has 1 heterocycles. The number of imidazole rings is 1. The lowest BCUT2D eigenvalue weighted by atomic mass is 9.92. The normalized spacial score (nSPS) is 14.5. The van der Waals surface area contributed by atoms with Crippen LogP contribution in [0.25, 0.3) is 5.70 Å². The summed E-state index contributed by atoms with van der Waals surface area (Å²) in [6.45, 7) is 0. The molecule has 0 bridgehead atoms. The summed E-state index contributed by atoms with van der Waals surface area (Å²) in [5.41, 5.74) is 1.65. The van der Waals surface area contributed by atoms with Gasteiger partial charge in [-0.25, -0.2) is 23.3 Å². The number of allylic oxidation sites excluding steroid dienone is 1. The Morgan fingerprint density at radius 2 is 1.77 bits per heavy atom. The van der Waals surface area contributed by atoms with Crippen LogP contribution in [0.3, 0.4) is 0 Å². The van der Waals surface area contributed by atoms with E-state index in [9.17, 15) is 27.9 Å². The SMILES string of the molecule is NS(=O)(=O)c1ccc(N=Nc2ncc(CC(NC3=CC(=O)C(=O)c4ccccc43)C(=O)O)[nH]2)cc1. The van der Waals surface area contributed by atoms with E-state index in [2.05, 4.69) is 25.5 Å². The number of nitrogens with one attached hydrogen (secondary N) is 2. The molecule has 5 N–H and O–H groups in total. The summed E-state index contributed by atoms with van der Waals surface area (Å²) in [4.78, 5) is 42.8. The molecule has 1 aliphatic rings. The van der Waals surface area contributed by atoms with Gasteiger partial charge in [-0.2, -0.15) is 0 Å². The fourth-order valence-electron chi connectivity index (χ4n) is 3.36. The van der Waals surface area contributed by atoms with Gasteiger partial charge in [0.1, 0.15) is 6.04 Å². The van der Waals surface area contributed by atoms with Crippen LogP contribution in [0.15, 0.2) is 75.9 Å². The van der Waals surface area contributed by atoms with E-state index in [0.29, 0.717) is 16.9 Å². The van der Waals surface area contributed by atoms with Crippen LogP contribution in [-0.4, -0.2) is 47.1 Å². The van der Waals surface area contributed by atoms with Crippen molar-refractivity contribution >= 4 is 44.9 Å². The number of primary sulfonamides is 1. The summed E-state index contributed by atoms with van der Waals surface area (Å²) < 4.78 is 22.6. The molecular weight excluding hydrogens is 476 g/mol. The summed E-state index contributed by atoms with van der Waals surface area (Å²) in [7, 11) is -3.82. The zero-order valence-corrected chi connectivity index (χ0v) is 18.7. The van der Waals surface area contributed by atoms with E-state index < -0.39 is 33.6 Å². The standard InChI is InChI=1S/C22H18N6O6S/c23-35(33,34)14-7-5-12(6-8-14)27-28-22-24-11-13(25-22)9-18(21(31)32)26-17-10-19(29)20(30)16-4-2-1-3-15(16)17/h1-8,10-11,18,26H,9H2,(H,24,25)(H,31,32)(H2,23,33,34). The molecule has 1 atom stereocenters. The predicted octanol–water partition coefficient (Wildman–Crippen LogP) is 1.86. The number of benzene rings is 2. The number of azo groups is 1. The number of nitrogens with zero attached hydrogens (tertiary/aromatic N) is 3. The van der Waals surface area contributed by atoms with E-state index in [4.69, 9.17) is 5.14 Å². The molecule has 0 radical (unpaired) electrons. The van der Waals surface area contributed by atoms with Crippen molar-refractivity contribution in [2.45, 2.75) is 17.4 Å². The van der Waals surface area contributed by atoms with Crippen molar-refractivity contribution in [1.29, 1.82) is 0 Å². The van der Waals surface area contributed by atoms with Crippen molar-refractivity contribution in [3.8, 4) is 0 Å². The molecule has 13 heteroatoms. The Bertz CT molecular complexity index is 1490. The second kappa shape index (κ2) is 9.40. The highest BCUT2D eigenvalue weighted by atomic mass is 32.2. The second-order valence-corrected chi connectivity index (χ2v) is 9.07. The first-order chi connectivity index (χ1) is 16.6. The molecule has 0 amide bonds. The van der Waals surface area contributed by atoms with Gasteiger partial charge in [0.25, 0.3) is 0 Å². The Hall–Kier alpha value is -4.49. The number of carbonyl (C=O) groups excluding carboxylic acids is 2. The third kappa shape index (κ3) is 5.37. The van der Waals surface area contributed by atoms with Crippen molar-refractivity contribution in [3.63, 3.8) is 0 Å². The van der Waals surface area contributed by atoms with Crippen molar-refractivity contribution in [2.24, 2.45) is 15.4 Å². The molecular formula is C22H18N6O6S. The number of Topliss-reactive ketones (excluding diaryl/α,β-unsaturated/α-hetero) is 1. The number of hydrogen-bond donors (Lipinski definition) is 4. The monoisotopic (exact) mass is 494 g/mol. The van der Waals surface area contributed by atoms with E-state index in [1.165, 1.54) is 36.5 Å². The molecule has 0 aliphatic heterocycles. The lowest BCUT2D eigenvalue weighted by molar-refractivity contribution is -0.139. The summed E-state index contributed by atoms with van der Waals surface area (Å²) in [5, 5.41) is 25.4. The first kappa shape index (κ1) is 23.7. The zero-order valence-electron chi connectivity index (χ0n) is 17.9. The predicted molar refractivity (Wildman–Crippen MR) is 123 cm³/mol. The minimum atomic E-state index is -3.82. The highest BCUT2D eigenvalue weighted by Crippen LogP contribution is 2.24. The summed E-state index contributed by atoms with van der Waals surface area (Å²) in [6, 6.07) is 10.7.